The zero-order chi connectivity index (χ0) is 18.8. The third kappa shape index (κ3) is 6.22. The van der Waals surface area contributed by atoms with E-state index in [1.54, 1.807) is 36.7 Å². The van der Waals surface area contributed by atoms with E-state index in [2.05, 4.69) is 16.5 Å². The molecule has 0 radical (unpaired) electrons. The molecule has 1 N–H and O–H groups in total. The molecule has 5 heteroatoms. The molecule has 1 heterocycles. The highest BCUT2D eigenvalue weighted by atomic mass is 35.5. The maximum atomic E-state index is 11.9. The number of esters is 1. The SMILES string of the molecule is C=CC.O=C(OCc1ccc(Cc2cnc[nH]2)cc1)c1ccc(Cl)cc1. The van der Waals surface area contributed by atoms with Gasteiger partial charge in [-0.3, -0.25) is 0 Å². The summed E-state index contributed by atoms with van der Waals surface area (Å²) < 4.78 is 5.30. The van der Waals surface area contributed by atoms with Crippen LogP contribution in [0.4, 0.5) is 0 Å². The number of hydrogen-bond acceptors (Lipinski definition) is 3. The van der Waals surface area contributed by atoms with Crippen molar-refractivity contribution < 1.29 is 9.53 Å². The van der Waals surface area contributed by atoms with Crippen LogP contribution in [0.25, 0.3) is 0 Å². The number of nitrogens with zero attached hydrogens (tertiary/aromatic N) is 1. The predicted octanol–water partition coefficient (Wildman–Crippen LogP) is 5.20. The summed E-state index contributed by atoms with van der Waals surface area (Å²) in [4.78, 5) is 19.0. The van der Waals surface area contributed by atoms with E-state index in [1.807, 2.05) is 37.4 Å². The van der Waals surface area contributed by atoms with Crippen LogP contribution in [0, 0.1) is 0 Å². The molecule has 0 aliphatic rings. The standard InChI is InChI=1S/C18H15ClN2O2.C3H6/c19-16-7-5-15(6-8-16)18(22)23-11-14-3-1-13(2-4-14)9-17-10-20-12-21-17;1-3-2/h1-8,10,12H,9,11H2,(H,20,21);3H,1H2,2H3. The molecule has 0 atom stereocenters. The van der Waals surface area contributed by atoms with E-state index < -0.39 is 0 Å². The van der Waals surface area contributed by atoms with Gasteiger partial charge in [-0.05, 0) is 42.3 Å². The number of nitrogens with one attached hydrogen (secondary N) is 1. The smallest absolute Gasteiger partial charge is 0.338 e. The number of allylic oxidation sites excluding steroid dienone is 1. The van der Waals surface area contributed by atoms with Gasteiger partial charge in [0.25, 0.3) is 0 Å². The molecule has 0 amide bonds. The summed E-state index contributed by atoms with van der Waals surface area (Å²) in [6.07, 6.45) is 6.02. The van der Waals surface area contributed by atoms with Gasteiger partial charge in [0.05, 0.1) is 11.9 Å². The Morgan fingerprint density at radius 2 is 1.77 bits per heavy atom. The Morgan fingerprint density at radius 1 is 1.15 bits per heavy atom. The maximum absolute atomic E-state index is 11.9. The Morgan fingerprint density at radius 3 is 2.35 bits per heavy atom. The van der Waals surface area contributed by atoms with Gasteiger partial charge in [-0.2, -0.15) is 0 Å². The minimum Gasteiger partial charge on any atom is -0.457 e. The lowest BCUT2D eigenvalue weighted by Gasteiger charge is -2.06. The van der Waals surface area contributed by atoms with Crippen molar-refractivity contribution in [2.75, 3.05) is 0 Å². The predicted molar refractivity (Wildman–Crippen MR) is 104 cm³/mol. The number of carbonyl (C=O) groups excluding carboxylic acids is 1. The van der Waals surface area contributed by atoms with Gasteiger partial charge in [-0.25, -0.2) is 9.78 Å². The number of ether oxygens (including phenoxy) is 1. The molecule has 3 aromatic rings. The van der Waals surface area contributed by atoms with E-state index in [4.69, 9.17) is 16.3 Å². The number of halogens is 1. The number of H-pyrrole nitrogens is 1. The summed E-state index contributed by atoms with van der Waals surface area (Å²) in [5.41, 5.74) is 3.67. The van der Waals surface area contributed by atoms with Gasteiger partial charge < -0.3 is 9.72 Å². The molecule has 0 aliphatic heterocycles. The van der Waals surface area contributed by atoms with Crippen LogP contribution in [0.3, 0.4) is 0 Å². The molecule has 2 aromatic carbocycles. The van der Waals surface area contributed by atoms with Gasteiger partial charge in [0, 0.05) is 23.3 Å². The van der Waals surface area contributed by atoms with E-state index in [-0.39, 0.29) is 12.6 Å². The number of carbonyl (C=O) groups is 1. The summed E-state index contributed by atoms with van der Waals surface area (Å²) in [5.74, 6) is -0.358. The van der Waals surface area contributed by atoms with Crippen LogP contribution in [0.2, 0.25) is 5.02 Å². The Balaban J connectivity index is 0.000000758. The van der Waals surface area contributed by atoms with Crippen LogP contribution in [-0.4, -0.2) is 15.9 Å². The van der Waals surface area contributed by atoms with Crippen LogP contribution < -0.4 is 0 Å². The number of aromatic nitrogens is 2. The molecule has 0 fully saturated rings. The zero-order valence-electron chi connectivity index (χ0n) is 14.6. The minimum absolute atomic E-state index is 0.242. The second kappa shape index (κ2) is 10.2. The van der Waals surface area contributed by atoms with E-state index >= 15 is 0 Å². The average Bonchev–Trinajstić information content (AvgIpc) is 3.15. The number of rotatable bonds is 5. The molecule has 0 aliphatic carbocycles. The molecule has 1 aromatic heterocycles. The normalized spacial score (nSPS) is 9.77. The molecule has 0 spiro atoms. The molecule has 26 heavy (non-hydrogen) atoms. The van der Waals surface area contributed by atoms with E-state index in [9.17, 15) is 4.79 Å². The number of hydrogen-bond donors (Lipinski definition) is 1. The highest BCUT2D eigenvalue weighted by Gasteiger charge is 2.07. The van der Waals surface area contributed by atoms with Gasteiger partial charge in [-0.1, -0.05) is 41.9 Å². The quantitative estimate of drug-likeness (QED) is 0.497. The minimum atomic E-state index is -0.358. The second-order valence-electron chi connectivity index (χ2n) is 5.56. The van der Waals surface area contributed by atoms with Crippen LogP contribution in [0.15, 0.2) is 73.7 Å². The topological polar surface area (TPSA) is 55.0 Å². The Bertz CT molecular complexity index is 810. The zero-order valence-corrected chi connectivity index (χ0v) is 15.4. The summed E-state index contributed by atoms with van der Waals surface area (Å²) in [6.45, 7) is 5.49. The number of imidazole rings is 1. The van der Waals surface area contributed by atoms with E-state index in [0.717, 1.165) is 17.7 Å². The van der Waals surface area contributed by atoms with Gasteiger partial charge in [0.2, 0.25) is 0 Å². The van der Waals surface area contributed by atoms with Crippen LogP contribution >= 0.6 is 11.6 Å². The van der Waals surface area contributed by atoms with Crippen molar-refractivity contribution in [3.8, 4) is 0 Å². The lowest BCUT2D eigenvalue weighted by Crippen LogP contribution is -2.05. The summed E-state index contributed by atoms with van der Waals surface area (Å²) in [7, 11) is 0. The van der Waals surface area contributed by atoms with E-state index in [0.29, 0.717) is 10.6 Å². The molecule has 134 valence electrons. The fourth-order valence-electron chi connectivity index (χ4n) is 2.17. The van der Waals surface area contributed by atoms with Crippen molar-refractivity contribution in [3.63, 3.8) is 0 Å². The number of benzene rings is 2. The lowest BCUT2D eigenvalue weighted by molar-refractivity contribution is 0.0472. The Hall–Kier alpha value is -2.85. The molecule has 0 saturated carbocycles. The lowest BCUT2D eigenvalue weighted by atomic mass is 10.1. The van der Waals surface area contributed by atoms with Crippen molar-refractivity contribution in [2.45, 2.75) is 20.0 Å². The third-order valence-electron chi connectivity index (χ3n) is 3.42. The third-order valence-corrected chi connectivity index (χ3v) is 3.67. The molecule has 0 saturated heterocycles. The average molecular weight is 369 g/mol. The first-order valence-electron chi connectivity index (χ1n) is 8.17. The highest BCUT2D eigenvalue weighted by molar-refractivity contribution is 6.30. The first-order chi connectivity index (χ1) is 12.6. The summed E-state index contributed by atoms with van der Waals surface area (Å²) in [5, 5.41) is 0.592. The van der Waals surface area contributed by atoms with Crippen molar-refractivity contribution in [1.82, 2.24) is 9.97 Å². The molecule has 0 bridgehead atoms. The first kappa shape index (κ1) is 19.5. The van der Waals surface area contributed by atoms with Crippen molar-refractivity contribution >= 4 is 17.6 Å². The van der Waals surface area contributed by atoms with Crippen LogP contribution in [0.1, 0.15) is 34.1 Å². The van der Waals surface area contributed by atoms with Gasteiger partial charge >= 0.3 is 5.97 Å². The van der Waals surface area contributed by atoms with Gasteiger partial charge in [0.15, 0.2) is 0 Å². The fourth-order valence-corrected chi connectivity index (χ4v) is 2.30. The molecule has 0 unspecified atom stereocenters. The van der Waals surface area contributed by atoms with Crippen molar-refractivity contribution in [1.29, 1.82) is 0 Å². The van der Waals surface area contributed by atoms with Crippen molar-refractivity contribution in [3.05, 3.63) is 101 Å². The maximum Gasteiger partial charge on any atom is 0.338 e. The van der Waals surface area contributed by atoms with Crippen LogP contribution in [-0.2, 0) is 17.8 Å². The largest absolute Gasteiger partial charge is 0.457 e. The van der Waals surface area contributed by atoms with Gasteiger partial charge in [-0.15, -0.1) is 6.58 Å². The number of aromatic amines is 1. The highest BCUT2D eigenvalue weighted by Crippen LogP contribution is 2.13. The summed E-state index contributed by atoms with van der Waals surface area (Å²) >= 11 is 5.80. The van der Waals surface area contributed by atoms with Gasteiger partial charge in [0.1, 0.15) is 6.61 Å². The molecule has 3 rings (SSSR count). The van der Waals surface area contributed by atoms with Crippen LogP contribution in [0.5, 0.6) is 0 Å². The molecular formula is C21H21ClN2O2. The Labute approximate surface area is 158 Å². The molecule has 4 nitrogen and oxygen atoms in total. The van der Waals surface area contributed by atoms with E-state index in [1.165, 1.54) is 5.56 Å². The fraction of sp³-hybridized carbons (Fsp3) is 0.143. The monoisotopic (exact) mass is 368 g/mol. The Kier molecular flexibility index (Phi) is 7.65. The van der Waals surface area contributed by atoms with Crippen molar-refractivity contribution in [2.24, 2.45) is 0 Å². The summed E-state index contributed by atoms with van der Waals surface area (Å²) in [6, 6.07) is 14.6. The second-order valence-corrected chi connectivity index (χ2v) is 6.00. The first-order valence-corrected chi connectivity index (χ1v) is 8.55. The molecular weight excluding hydrogens is 348 g/mol.